The van der Waals surface area contributed by atoms with Crippen LogP contribution in [0.4, 0.5) is 0 Å². The minimum Gasteiger partial charge on any atom is -0.0769 e. The Morgan fingerprint density at radius 3 is 2.83 bits per heavy atom. The van der Waals surface area contributed by atoms with E-state index in [2.05, 4.69) is 26.8 Å². The Bertz CT molecular complexity index is 263. The second-order valence-electron chi connectivity index (χ2n) is 5.25. The molecule has 0 aliphatic heterocycles. The molecule has 0 amide bonds. The molecule has 0 nitrogen and oxygen atoms in total. The van der Waals surface area contributed by atoms with Crippen LogP contribution in [0.2, 0.25) is 0 Å². The van der Waals surface area contributed by atoms with E-state index in [1.54, 1.807) is 0 Å². The lowest BCUT2D eigenvalue weighted by Gasteiger charge is -2.19. The van der Waals surface area contributed by atoms with Crippen LogP contribution in [0, 0.1) is 29.1 Å². The predicted molar refractivity (Wildman–Crippen MR) is 50.7 cm³/mol. The fraction of sp³-hybridized carbons (Fsp3) is 0.833. The Balaban J connectivity index is 1.73. The van der Waals surface area contributed by atoms with Crippen molar-refractivity contribution < 1.29 is 0 Å². The van der Waals surface area contributed by atoms with Crippen LogP contribution in [-0.4, -0.2) is 0 Å². The van der Waals surface area contributed by atoms with Gasteiger partial charge in [0.2, 0.25) is 0 Å². The monoisotopic (exact) mass is 162 g/mol. The first-order valence-electron chi connectivity index (χ1n) is 5.42. The SMILES string of the molecule is CCCC(C)C1(C)C2C3=CC3C21. The molecule has 0 aromatic carbocycles. The third kappa shape index (κ3) is 0.551. The smallest absolute Gasteiger partial charge is 0.00228 e. The Morgan fingerprint density at radius 2 is 2.33 bits per heavy atom. The van der Waals surface area contributed by atoms with Gasteiger partial charge in [-0.2, -0.15) is 0 Å². The fourth-order valence-corrected chi connectivity index (χ4v) is 3.77. The standard InChI is InChI=1S/C12H18/c1-4-5-7(2)12(3)10-8-6-9(8)11(10)12/h6-8,10-11H,4-5H2,1-3H3. The molecular formula is C12H18. The summed E-state index contributed by atoms with van der Waals surface area (Å²) in [5.41, 5.74) is 2.57. The van der Waals surface area contributed by atoms with Crippen LogP contribution in [0.5, 0.6) is 0 Å². The van der Waals surface area contributed by atoms with Crippen molar-refractivity contribution in [3.05, 3.63) is 11.6 Å². The van der Waals surface area contributed by atoms with Crippen LogP contribution >= 0.6 is 0 Å². The zero-order chi connectivity index (χ0) is 8.51. The lowest BCUT2D eigenvalue weighted by molar-refractivity contribution is 0.307. The van der Waals surface area contributed by atoms with Gasteiger partial charge in [-0.05, 0) is 23.2 Å². The molecule has 3 rings (SSSR count). The molecule has 12 heavy (non-hydrogen) atoms. The van der Waals surface area contributed by atoms with E-state index >= 15 is 0 Å². The lowest BCUT2D eigenvalue weighted by atomic mass is 9.86. The maximum Gasteiger partial charge on any atom is 0.00228 e. The van der Waals surface area contributed by atoms with Gasteiger partial charge in [-0.15, -0.1) is 0 Å². The molecule has 0 saturated heterocycles. The van der Waals surface area contributed by atoms with Crippen LogP contribution < -0.4 is 0 Å². The average Bonchev–Trinajstić information content (AvgIpc) is 2.74. The number of hydrogen-bond acceptors (Lipinski definition) is 0. The minimum atomic E-state index is 0.741. The van der Waals surface area contributed by atoms with Crippen molar-refractivity contribution >= 4 is 0 Å². The van der Waals surface area contributed by atoms with Crippen molar-refractivity contribution in [2.24, 2.45) is 29.1 Å². The first-order valence-corrected chi connectivity index (χ1v) is 5.42. The van der Waals surface area contributed by atoms with E-state index in [1.165, 1.54) is 12.8 Å². The topological polar surface area (TPSA) is 0 Å². The quantitative estimate of drug-likeness (QED) is 0.559. The van der Waals surface area contributed by atoms with E-state index in [1.807, 2.05) is 5.57 Å². The molecule has 0 N–H and O–H groups in total. The van der Waals surface area contributed by atoms with Crippen molar-refractivity contribution in [1.82, 2.24) is 0 Å². The molecule has 2 fully saturated rings. The third-order valence-electron chi connectivity index (χ3n) is 4.82. The Morgan fingerprint density at radius 1 is 1.58 bits per heavy atom. The van der Waals surface area contributed by atoms with Gasteiger partial charge in [0.15, 0.2) is 0 Å². The molecule has 0 bridgehead atoms. The van der Waals surface area contributed by atoms with Gasteiger partial charge in [0.25, 0.3) is 0 Å². The van der Waals surface area contributed by atoms with Crippen molar-refractivity contribution in [3.8, 4) is 0 Å². The molecule has 0 aromatic rings. The van der Waals surface area contributed by atoms with Gasteiger partial charge in [-0.3, -0.25) is 0 Å². The second-order valence-corrected chi connectivity index (χ2v) is 5.25. The van der Waals surface area contributed by atoms with Crippen LogP contribution in [0.1, 0.15) is 33.6 Å². The van der Waals surface area contributed by atoms with Gasteiger partial charge in [-0.1, -0.05) is 45.3 Å². The Kier molecular flexibility index (Phi) is 1.08. The molecule has 2 saturated carbocycles. The van der Waals surface area contributed by atoms with E-state index in [-0.39, 0.29) is 0 Å². The highest BCUT2D eigenvalue weighted by molar-refractivity contribution is 5.54. The fourth-order valence-electron chi connectivity index (χ4n) is 3.77. The Labute approximate surface area is 75.0 Å². The Hall–Kier alpha value is -0.260. The van der Waals surface area contributed by atoms with Gasteiger partial charge in [0.1, 0.15) is 0 Å². The normalized spacial score (nSPS) is 54.6. The molecule has 5 atom stereocenters. The van der Waals surface area contributed by atoms with Gasteiger partial charge in [0.05, 0.1) is 0 Å². The molecule has 3 aliphatic carbocycles. The highest BCUT2D eigenvalue weighted by atomic mass is 14.8. The molecule has 0 spiro atoms. The van der Waals surface area contributed by atoms with Crippen molar-refractivity contribution in [3.63, 3.8) is 0 Å². The van der Waals surface area contributed by atoms with E-state index in [0.29, 0.717) is 0 Å². The molecule has 0 radical (unpaired) electrons. The summed E-state index contributed by atoms with van der Waals surface area (Å²) < 4.78 is 0. The summed E-state index contributed by atoms with van der Waals surface area (Å²) in [6.45, 7) is 7.29. The van der Waals surface area contributed by atoms with Crippen LogP contribution in [0.15, 0.2) is 11.6 Å². The summed E-state index contributed by atoms with van der Waals surface area (Å²) in [7, 11) is 0. The van der Waals surface area contributed by atoms with Crippen molar-refractivity contribution in [2.45, 2.75) is 33.6 Å². The molecule has 5 unspecified atom stereocenters. The van der Waals surface area contributed by atoms with Crippen LogP contribution in [-0.2, 0) is 0 Å². The van der Waals surface area contributed by atoms with Crippen molar-refractivity contribution in [2.75, 3.05) is 0 Å². The number of rotatable bonds is 3. The van der Waals surface area contributed by atoms with E-state index in [4.69, 9.17) is 0 Å². The maximum absolute atomic E-state index is 2.52. The van der Waals surface area contributed by atoms with E-state index in [9.17, 15) is 0 Å². The van der Waals surface area contributed by atoms with Crippen LogP contribution in [0.25, 0.3) is 0 Å². The predicted octanol–water partition coefficient (Wildman–Crippen LogP) is 3.24. The summed E-state index contributed by atoms with van der Waals surface area (Å²) in [6.07, 6.45) is 5.29. The first-order chi connectivity index (χ1) is 5.71. The van der Waals surface area contributed by atoms with E-state index < -0.39 is 0 Å². The van der Waals surface area contributed by atoms with Crippen molar-refractivity contribution in [1.29, 1.82) is 0 Å². The highest BCUT2D eigenvalue weighted by Gasteiger charge is 2.78. The van der Waals surface area contributed by atoms with Gasteiger partial charge in [-0.25, -0.2) is 0 Å². The molecule has 3 aliphatic rings. The molecule has 0 heteroatoms. The molecule has 66 valence electrons. The van der Waals surface area contributed by atoms with Crippen LogP contribution in [0.3, 0.4) is 0 Å². The summed E-state index contributed by atoms with van der Waals surface area (Å²) in [6, 6.07) is 0. The average molecular weight is 162 g/mol. The van der Waals surface area contributed by atoms with Gasteiger partial charge in [0, 0.05) is 5.92 Å². The highest BCUT2D eigenvalue weighted by Crippen LogP contribution is 2.84. The third-order valence-corrected chi connectivity index (χ3v) is 4.82. The second kappa shape index (κ2) is 1.81. The van der Waals surface area contributed by atoms with Gasteiger partial charge >= 0.3 is 0 Å². The zero-order valence-corrected chi connectivity index (χ0v) is 8.30. The zero-order valence-electron chi connectivity index (χ0n) is 8.30. The maximum atomic E-state index is 2.52. The van der Waals surface area contributed by atoms with E-state index in [0.717, 1.165) is 29.1 Å². The summed E-state index contributed by atoms with van der Waals surface area (Å²) >= 11 is 0. The number of hydrogen-bond donors (Lipinski definition) is 0. The summed E-state index contributed by atoms with van der Waals surface area (Å²) in [5, 5.41) is 0. The minimum absolute atomic E-state index is 0.741. The largest absolute Gasteiger partial charge is 0.0769 e. The molecular weight excluding hydrogens is 144 g/mol. The lowest BCUT2D eigenvalue weighted by Crippen LogP contribution is -2.11. The number of allylic oxidation sites excluding steroid dienone is 2. The first kappa shape index (κ1) is 7.17. The van der Waals surface area contributed by atoms with Gasteiger partial charge < -0.3 is 0 Å². The molecule has 0 heterocycles. The summed E-state index contributed by atoms with van der Waals surface area (Å²) in [4.78, 5) is 0. The molecule has 0 aromatic heterocycles. The number of fused-ring (bicyclic) bond motifs is 4. The summed E-state index contributed by atoms with van der Waals surface area (Å²) in [5.74, 6) is 4.10.